The first-order valence-electron chi connectivity index (χ1n) is 4.18. The number of carbonyl (C=O) groups is 1. The minimum atomic E-state index is -4.12. The molecule has 0 aliphatic rings. The van der Waals surface area contributed by atoms with Crippen LogP contribution in [0.25, 0.3) is 0 Å². The number of halogens is 3. The molecule has 0 spiro atoms. The van der Waals surface area contributed by atoms with Gasteiger partial charge in [0.2, 0.25) is 0 Å². The van der Waals surface area contributed by atoms with E-state index in [1.54, 1.807) is 6.92 Å². The second kappa shape index (κ2) is 5.83. The highest BCUT2D eigenvalue weighted by Gasteiger charge is 2.25. The summed E-state index contributed by atoms with van der Waals surface area (Å²) < 4.78 is 39.4. The Bertz CT molecular complexity index is 154. The highest BCUT2D eigenvalue weighted by Crippen LogP contribution is 2.22. The number of rotatable bonds is 5. The van der Waals surface area contributed by atoms with Gasteiger partial charge in [-0.2, -0.15) is 13.2 Å². The van der Waals surface area contributed by atoms with Crippen LogP contribution in [0.1, 0.15) is 32.6 Å². The Labute approximate surface area is 75.1 Å². The fourth-order valence-electron chi connectivity index (χ4n) is 0.828. The van der Waals surface area contributed by atoms with Gasteiger partial charge in [0.05, 0.1) is 6.61 Å². The largest absolute Gasteiger partial charge is 0.466 e. The maximum atomic E-state index is 11.6. The van der Waals surface area contributed by atoms with Crippen molar-refractivity contribution in [3.63, 3.8) is 0 Å². The zero-order valence-corrected chi connectivity index (χ0v) is 7.49. The van der Waals surface area contributed by atoms with Crippen LogP contribution in [0.15, 0.2) is 0 Å². The van der Waals surface area contributed by atoms with Crippen molar-refractivity contribution in [2.24, 2.45) is 0 Å². The molecule has 0 amide bonds. The molecule has 0 radical (unpaired) electrons. The van der Waals surface area contributed by atoms with E-state index in [2.05, 4.69) is 4.74 Å². The minimum absolute atomic E-state index is 0.0116. The molecule has 0 aliphatic carbocycles. The second-order valence-electron chi connectivity index (χ2n) is 2.63. The predicted molar refractivity (Wildman–Crippen MR) is 41.2 cm³/mol. The van der Waals surface area contributed by atoms with Crippen molar-refractivity contribution >= 4 is 5.97 Å². The maximum Gasteiger partial charge on any atom is 0.389 e. The lowest BCUT2D eigenvalue weighted by Crippen LogP contribution is -2.08. The van der Waals surface area contributed by atoms with Crippen molar-refractivity contribution < 1.29 is 22.7 Å². The first kappa shape index (κ1) is 12.3. The van der Waals surface area contributed by atoms with Gasteiger partial charge in [0.1, 0.15) is 0 Å². The third kappa shape index (κ3) is 9.17. The molecule has 0 saturated carbocycles. The minimum Gasteiger partial charge on any atom is -0.466 e. The van der Waals surface area contributed by atoms with E-state index in [0.29, 0.717) is 0 Å². The van der Waals surface area contributed by atoms with Gasteiger partial charge in [-0.25, -0.2) is 0 Å². The smallest absolute Gasteiger partial charge is 0.389 e. The Morgan fingerprint density at radius 3 is 2.38 bits per heavy atom. The van der Waals surface area contributed by atoms with Gasteiger partial charge in [0.25, 0.3) is 0 Å². The number of esters is 1. The van der Waals surface area contributed by atoms with Crippen LogP contribution >= 0.6 is 0 Å². The summed E-state index contributed by atoms with van der Waals surface area (Å²) in [7, 11) is 0. The highest BCUT2D eigenvalue weighted by atomic mass is 19.4. The lowest BCUT2D eigenvalue weighted by Gasteiger charge is -2.05. The molecule has 0 aromatic carbocycles. The Hall–Kier alpha value is -0.740. The Morgan fingerprint density at radius 1 is 1.31 bits per heavy atom. The van der Waals surface area contributed by atoms with Crippen LogP contribution in [0.3, 0.4) is 0 Å². The maximum absolute atomic E-state index is 11.6. The molecule has 0 aromatic heterocycles. The molecule has 0 N–H and O–H groups in total. The van der Waals surface area contributed by atoms with Crippen molar-refractivity contribution in [3.05, 3.63) is 0 Å². The van der Waals surface area contributed by atoms with E-state index in [0.717, 1.165) is 0 Å². The Kier molecular flexibility index (Phi) is 5.50. The first-order valence-corrected chi connectivity index (χ1v) is 4.18. The van der Waals surface area contributed by atoms with Crippen LogP contribution < -0.4 is 0 Å². The molecular formula is C8H13F3O2. The summed E-state index contributed by atoms with van der Waals surface area (Å²) in [6, 6.07) is 0. The van der Waals surface area contributed by atoms with E-state index in [9.17, 15) is 18.0 Å². The monoisotopic (exact) mass is 198 g/mol. The number of unbranched alkanes of at least 4 members (excludes halogenated alkanes) is 1. The summed E-state index contributed by atoms with van der Waals surface area (Å²) in [6.45, 7) is 1.94. The van der Waals surface area contributed by atoms with Crippen LogP contribution in [0, 0.1) is 0 Å². The predicted octanol–water partition coefficient (Wildman–Crippen LogP) is 2.67. The van der Waals surface area contributed by atoms with E-state index in [-0.39, 0.29) is 25.9 Å². The standard InChI is InChI=1S/C8H13F3O2/c1-2-13-7(12)5-3-4-6-8(9,10)11/h2-6H2,1H3. The van der Waals surface area contributed by atoms with Gasteiger partial charge in [0, 0.05) is 12.8 Å². The van der Waals surface area contributed by atoms with E-state index in [1.165, 1.54) is 0 Å². The number of alkyl halides is 3. The molecule has 0 bridgehead atoms. The first-order chi connectivity index (χ1) is 5.95. The van der Waals surface area contributed by atoms with Crippen molar-refractivity contribution in [1.82, 2.24) is 0 Å². The van der Waals surface area contributed by atoms with Crippen LogP contribution in [0.4, 0.5) is 13.2 Å². The summed E-state index contributed by atoms with van der Waals surface area (Å²) in [5.74, 6) is -0.426. The molecule has 0 fully saturated rings. The van der Waals surface area contributed by atoms with E-state index >= 15 is 0 Å². The molecule has 0 rings (SSSR count). The van der Waals surface area contributed by atoms with Gasteiger partial charge in [0.15, 0.2) is 0 Å². The van der Waals surface area contributed by atoms with Gasteiger partial charge < -0.3 is 4.74 Å². The molecule has 0 saturated heterocycles. The third-order valence-electron chi connectivity index (χ3n) is 1.40. The average molecular weight is 198 g/mol. The zero-order chi connectivity index (χ0) is 10.3. The van der Waals surface area contributed by atoms with E-state index in [1.807, 2.05) is 0 Å². The highest BCUT2D eigenvalue weighted by molar-refractivity contribution is 5.69. The Morgan fingerprint density at radius 2 is 1.92 bits per heavy atom. The lowest BCUT2D eigenvalue weighted by molar-refractivity contribution is -0.145. The fourth-order valence-corrected chi connectivity index (χ4v) is 0.828. The summed E-state index contributed by atoms with van der Waals surface area (Å²) >= 11 is 0. The lowest BCUT2D eigenvalue weighted by atomic mass is 10.2. The molecule has 0 unspecified atom stereocenters. The molecule has 78 valence electrons. The van der Waals surface area contributed by atoms with Crippen molar-refractivity contribution in [1.29, 1.82) is 0 Å². The molecule has 2 nitrogen and oxygen atoms in total. The summed E-state index contributed by atoms with van der Waals surface area (Å²) in [5.41, 5.74) is 0. The number of hydrogen-bond donors (Lipinski definition) is 0. The molecule has 13 heavy (non-hydrogen) atoms. The molecule has 0 heterocycles. The molecular weight excluding hydrogens is 185 g/mol. The van der Waals surface area contributed by atoms with Gasteiger partial charge in [-0.15, -0.1) is 0 Å². The summed E-state index contributed by atoms with van der Waals surface area (Å²) in [4.78, 5) is 10.7. The van der Waals surface area contributed by atoms with Gasteiger partial charge in [-0.3, -0.25) is 4.79 Å². The Balaban J connectivity index is 3.31. The van der Waals surface area contributed by atoms with Crippen LogP contribution in [0.5, 0.6) is 0 Å². The molecule has 0 atom stereocenters. The quantitative estimate of drug-likeness (QED) is 0.501. The zero-order valence-electron chi connectivity index (χ0n) is 7.49. The van der Waals surface area contributed by atoms with Crippen molar-refractivity contribution in [2.75, 3.05) is 6.61 Å². The fraction of sp³-hybridized carbons (Fsp3) is 0.875. The van der Waals surface area contributed by atoms with Crippen LogP contribution in [0.2, 0.25) is 0 Å². The number of hydrogen-bond acceptors (Lipinski definition) is 2. The number of carbonyl (C=O) groups excluding carboxylic acids is 1. The molecule has 5 heteroatoms. The van der Waals surface area contributed by atoms with E-state index < -0.39 is 18.6 Å². The molecule has 0 aliphatic heterocycles. The average Bonchev–Trinajstić information content (AvgIpc) is 1.97. The van der Waals surface area contributed by atoms with Crippen LogP contribution in [-0.2, 0) is 9.53 Å². The normalized spacial score (nSPS) is 11.4. The van der Waals surface area contributed by atoms with Gasteiger partial charge in [-0.05, 0) is 19.8 Å². The molecule has 0 aromatic rings. The SMILES string of the molecule is CCOC(=O)CCCCC(F)(F)F. The van der Waals surface area contributed by atoms with Gasteiger partial charge in [-0.1, -0.05) is 0 Å². The third-order valence-corrected chi connectivity index (χ3v) is 1.40. The van der Waals surface area contributed by atoms with Gasteiger partial charge >= 0.3 is 12.1 Å². The topological polar surface area (TPSA) is 26.3 Å². The summed E-state index contributed by atoms with van der Waals surface area (Å²) in [6.07, 6.45) is -4.65. The van der Waals surface area contributed by atoms with E-state index in [4.69, 9.17) is 0 Å². The second-order valence-corrected chi connectivity index (χ2v) is 2.63. The van der Waals surface area contributed by atoms with Crippen molar-refractivity contribution in [3.8, 4) is 0 Å². The number of ether oxygens (including phenoxy) is 1. The van der Waals surface area contributed by atoms with Crippen LogP contribution in [-0.4, -0.2) is 18.8 Å². The summed E-state index contributed by atoms with van der Waals surface area (Å²) in [5, 5.41) is 0. The van der Waals surface area contributed by atoms with Crippen molar-refractivity contribution in [2.45, 2.75) is 38.8 Å².